The molecule has 0 radical (unpaired) electrons. The number of nitrogens with zero attached hydrogens (tertiary/aromatic N) is 1. The Morgan fingerprint density at radius 3 is 2.70 bits per heavy atom. The summed E-state index contributed by atoms with van der Waals surface area (Å²) in [6.45, 7) is 2.63. The molecule has 1 aromatic rings. The predicted octanol–water partition coefficient (Wildman–Crippen LogP) is 3.70. The number of hydrogen-bond acceptors (Lipinski definition) is 6. The van der Waals surface area contributed by atoms with Crippen LogP contribution in [0.3, 0.4) is 0 Å². The summed E-state index contributed by atoms with van der Waals surface area (Å²) in [5, 5.41) is 19.6. The summed E-state index contributed by atoms with van der Waals surface area (Å²) in [5.41, 5.74) is 0.963. The van der Waals surface area contributed by atoms with Gasteiger partial charge in [-0.3, -0.25) is 0 Å². The molecule has 2 fully saturated rings. The van der Waals surface area contributed by atoms with Gasteiger partial charge < -0.3 is 35.4 Å². The molecular weight excluding hydrogens is 496 g/mol. The van der Waals surface area contributed by atoms with Crippen LogP contribution in [0.4, 0.5) is 9.59 Å². The number of halogens is 1. The first-order valence-corrected chi connectivity index (χ1v) is 13.8. The lowest BCUT2D eigenvalue weighted by Crippen LogP contribution is -2.52. The van der Waals surface area contributed by atoms with Crippen LogP contribution in [0.2, 0.25) is 5.02 Å². The maximum Gasteiger partial charge on any atom is 0.406 e. The molecule has 1 aromatic carbocycles. The average molecular weight is 539 g/mol. The third-order valence-corrected chi connectivity index (χ3v) is 7.65. The van der Waals surface area contributed by atoms with Crippen molar-refractivity contribution >= 4 is 23.7 Å². The fraction of sp³-hybridized carbons (Fsp3) is 0.704. The van der Waals surface area contributed by atoms with Gasteiger partial charge >= 0.3 is 12.1 Å². The molecule has 10 heteroatoms. The van der Waals surface area contributed by atoms with Gasteiger partial charge in [0.1, 0.15) is 0 Å². The van der Waals surface area contributed by atoms with E-state index in [0.29, 0.717) is 43.7 Å². The smallest absolute Gasteiger partial charge is 0.406 e. The van der Waals surface area contributed by atoms with E-state index < -0.39 is 6.09 Å². The van der Waals surface area contributed by atoms with Crippen molar-refractivity contribution in [3.05, 3.63) is 34.9 Å². The summed E-state index contributed by atoms with van der Waals surface area (Å²) in [5.74, 6) is 0.619. The second-order valence-corrected chi connectivity index (χ2v) is 10.7. The van der Waals surface area contributed by atoms with E-state index >= 15 is 0 Å². The number of hydrogen-bond donors (Lipinski definition) is 4. The van der Waals surface area contributed by atoms with Gasteiger partial charge in [0, 0.05) is 43.2 Å². The number of likely N-dealkylation sites (N-methyl/N-ethyl adjacent to an activating group) is 1. The summed E-state index contributed by atoms with van der Waals surface area (Å²) in [6.07, 6.45) is 5.50. The summed E-state index contributed by atoms with van der Waals surface area (Å²) in [6, 6.07) is 7.63. The molecule has 9 nitrogen and oxygen atoms in total. The highest BCUT2D eigenvalue weighted by Crippen LogP contribution is 2.34. The topological polar surface area (TPSA) is 112 Å². The van der Waals surface area contributed by atoms with Crippen LogP contribution in [-0.2, 0) is 9.47 Å². The number of amides is 3. The number of rotatable bonds is 11. The third kappa shape index (κ3) is 9.63. The molecule has 3 unspecified atom stereocenters. The number of carbonyl (C=O) groups excluding carboxylic acids is 2. The fourth-order valence-electron chi connectivity index (χ4n) is 5.53. The number of benzene rings is 1. The molecule has 3 atom stereocenters. The number of aliphatic hydroxyl groups is 1. The molecule has 2 aliphatic rings. The lowest BCUT2D eigenvalue weighted by Gasteiger charge is -2.38. The summed E-state index contributed by atoms with van der Waals surface area (Å²) < 4.78 is 10.9. The maximum absolute atomic E-state index is 13.3. The minimum Gasteiger partial charge on any atom is -0.453 e. The zero-order valence-corrected chi connectivity index (χ0v) is 22.8. The zero-order valence-electron chi connectivity index (χ0n) is 22.1. The number of urea groups is 1. The van der Waals surface area contributed by atoms with Gasteiger partial charge in [-0.2, -0.15) is 0 Å². The predicted molar refractivity (Wildman–Crippen MR) is 144 cm³/mol. The van der Waals surface area contributed by atoms with Crippen LogP contribution in [0.15, 0.2) is 24.3 Å². The van der Waals surface area contributed by atoms with Crippen LogP contribution in [0.25, 0.3) is 0 Å². The lowest BCUT2D eigenvalue weighted by atomic mass is 9.83. The van der Waals surface area contributed by atoms with Gasteiger partial charge in [-0.15, -0.1) is 0 Å². The largest absolute Gasteiger partial charge is 0.453 e. The molecule has 3 amide bonds. The normalized spacial score (nSPS) is 23.7. The second kappa shape index (κ2) is 15.4. The van der Waals surface area contributed by atoms with Crippen LogP contribution in [-0.4, -0.2) is 81.2 Å². The van der Waals surface area contributed by atoms with Gasteiger partial charge in [-0.05, 0) is 75.6 Å². The minimum atomic E-state index is -0.496. The number of alkyl carbamates (subject to hydrolysis) is 1. The molecule has 1 aliphatic carbocycles. The molecule has 4 N–H and O–H groups in total. The highest BCUT2D eigenvalue weighted by atomic mass is 35.5. The van der Waals surface area contributed by atoms with Crippen molar-refractivity contribution in [1.29, 1.82) is 0 Å². The van der Waals surface area contributed by atoms with Crippen LogP contribution in [0.1, 0.15) is 56.6 Å². The monoisotopic (exact) mass is 538 g/mol. The van der Waals surface area contributed by atoms with Gasteiger partial charge in [0.2, 0.25) is 0 Å². The van der Waals surface area contributed by atoms with Gasteiger partial charge in [-0.25, -0.2) is 9.59 Å². The number of methoxy groups -OCH3 is 1. The number of likely N-dealkylation sites (tertiary alicyclic amines) is 1. The Labute approximate surface area is 225 Å². The number of nitrogens with one attached hydrogen (secondary N) is 3. The van der Waals surface area contributed by atoms with Crippen molar-refractivity contribution in [2.75, 3.05) is 46.9 Å². The van der Waals surface area contributed by atoms with Crippen LogP contribution >= 0.6 is 11.6 Å². The van der Waals surface area contributed by atoms with E-state index in [2.05, 4.69) is 20.7 Å². The number of aliphatic hydroxyl groups excluding tert-OH is 1. The fourth-order valence-corrected chi connectivity index (χ4v) is 5.73. The van der Waals surface area contributed by atoms with Crippen molar-refractivity contribution in [3.8, 4) is 0 Å². The molecule has 0 spiro atoms. The number of piperidine rings is 1. The first-order valence-electron chi connectivity index (χ1n) is 13.5. The van der Waals surface area contributed by atoms with Crippen molar-refractivity contribution in [2.24, 2.45) is 11.8 Å². The maximum atomic E-state index is 13.3. The van der Waals surface area contributed by atoms with Crippen LogP contribution in [0.5, 0.6) is 0 Å². The van der Waals surface area contributed by atoms with E-state index in [1.165, 1.54) is 7.11 Å². The van der Waals surface area contributed by atoms with E-state index in [9.17, 15) is 14.7 Å². The van der Waals surface area contributed by atoms with Gasteiger partial charge in [-0.1, -0.05) is 23.7 Å². The van der Waals surface area contributed by atoms with Crippen LogP contribution in [0, 0.1) is 11.8 Å². The molecule has 1 saturated heterocycles. The van der Waals surface area contributed by atoms with E-state index in [4.69, 9.17) is 16.3 Å². The first kappa shape index (κ1) is 29.5. The van der Waals surface area contributed by atoms with Gasteiger partial charge in [0.15, 0.2) is 0 Å². The quantitative estimate of drug-likeness (QED) is 0.320. The molecule has 1 saturated carbocycles. The van der Waals surface area contributed by atoms with Crippen molar-refractivity contribution in [2.45, 2.75) is 63.2 Å². The number of ether oxygens (including phenoxy) is 2. The molecular formula is C27H43ClN4O5. The van der Waals surface area contributed by atoms with Crippen molar-refractivity contribution in [3.63, 3.8) is 0 Å². The molecule has 208 valence electrons. The average Bonchev–Trinajstić information content (AvgIpc) is 2.90. The Kier molecular flexibility index (Phi) is 12.2. The Morgan fingerprint density at radius 2 is 2.00 bits per heavy atom. The SMILES string of the molecule is CNCC(CC1CCC(O)CC1)NC(=O)N1CCCC(C(OCCNC(=O)OC)c2cccc(Cl)c2)C1. The van der Waals surface area contributed by atoms with E-state index in [1.54, 1.807) is 0 Å². The lowest BCUT2D eigenvalue weighted by molar-refractivity contribution is -0.00866. The van der Waals surface area contributed by atoms with E-state index in [0.717, 1.165) is 50.5 Å². The molecule has 0 bridgehead atoms. The van der Waals surface area contributed by atoms with E-state index in [1.807, 2.05) is 36.2 Å². The molecule has 0 aromatic heterocycles. The summed E-state index contributed by atoms with van der Waals surface area (Å²) in [4.78, 5) is 26.6. The van der Waals surface area contributed by atoms with Crippen molar-refractivity contribution < 1.29 is 24.2 Å². The first-order chi connectivity index (χ1) is 17.9. The Balaban J connectivity index is 1.61. The Morgan fingerprint density at radius 1 is 1.22 bits per heavy atom. The standard InChI is InChI=1S/C27H43ClN4O5/c1-29-17-23(15-19-8-10-24(33)11-9-19)31-26(34)32-13-4-6-21(18-32)25(20-5-3-7-22(28)16-20)37-14-12-30-27(35)36-2/h3,5,7,16,19,21,23-25,29,33H,4,6,8-15,17-18H2,1-2H3,(H,30,35)(H,31,34). The molecule has 1 aliphatic heterocycles. The molecule has 1 heterocycles. The highest BCUT2D eigenvalue weighted by Gasteiger charge is 2.32. The Bertz CT molecular complexity index is 852. The summed E-state index contributed by atoms with van der Waals surface area (Å²) in [7, 11) is 3.23. The van der Waals surface area contributed by atoms with Gasteiger partial charge in [0.25, 0.3) is 0 Å². The molecule has 37 heavy (non-hydrogen) atoms. The second-order valence-electron chi connectivity index (χ2n) is 10.2. The number of carbonyl (C=O) groups is 2. The highest BCUT2D eigenvalue weighted by molar-refractivity contribution is 6.30. The van der Waals surface area contributed by atoms with E-state index in [-0.39, 0.29) is 30.2 Å². The molecule has 3 rings (SSSR count). The Hall–Kier alpha value is -2.07. The van der Waals surface area contributed by atoms with Crippen LogP contribution < -0.4 is 16.0 Å². The third-order valence-electron chi connectivity index (χ3n) is 7.42. The summed E-state index contributed by atoms with van der Waals surface area (Å²) >= 11 is 6.28. The minimum absolute atomic E-state index is 0.0435. The zero-order chi connectivity index (χ0) is 26.6. The van der Waals surface area contributed by atoms with Crippen molar-refractivity contribution in [1.82, 2.24) is 20.9 Å². The van der Waals surface area contributed by atoms with Gasteiger partial charge in [0.05, 0.1) is 25.9 Å².